The second-order valence-corrected chi connectivity index (χ2v) is 9.91. The molecule has 0 spiro atoms. The molecule has 0 unspecified atom stereocenters. The van der Waals surface area contributed by atoms with Gasteiger partial charge in [0, 0.05) is 13.3 Å². The Morgan fingerprint density at radius 1 is 0.500 bits per heavy atom. The Balaban J connectivity index is 3.70. The quantitative estimate of drug-likeness (QED) is 0.180. The first kappa shape index (κ1) is 37.8. The van der Waals surface area contributed by atoms with E-state index in [1.807, 2.05) is 0 Å². The molecule has 0 aliphatic carbocycles. The van der Waals surface area contributed by atoms with Crippen LogP contribution in [0.2, 0.25) is 0 Å². The van der Waals surface area contributed by atoms with Crippen molar-refractivity contribution in [3.05, 3.63) is 29.8 Å². The summed E-state index contributed by atoms with van der Waals surface area (Å²) in [6.07, 6.45) is -2.98. The Kier molecular flexibility index (Phi) is 8.87. The third kappa shape index (κ3) is 5.12. The van der Waals surface area contributed by atoms with Crippen LogP contribution in [0, 0.1) is 0 Å². The van der Waals surface area contributed by atoms with Crippen molar-refractivity contribution in [2.24, 2.45) is 0 Å². The van der Waals surface area contributed by atoms with E-state index in [4.69, 9.17) is 4.55 Å². The van der Waals surface area contributed by atoms with E-state index in [9.17, 15) is 96.2 Å². The number of halogens is 20. The van der Waals surface area contributed by atoms with E-state index in [0.29, 0.717) is 0 Å². The van der Waals surface area contributed by atoms with Gasteiger partial charge in [0.2, 0.25) is 0 Å². The van der Waals surface area contributed by atoms with E-state index in [-0.39, 0.29) is 24.3 Å². The molecule has 0 bridgehead atoms. The molecule has 3 nitrogen and oxygen atoms in total. The summed E-state index contributed by atoms with van der Waals surface area (Å²) < 4.78 is 303. The summed E-state index contributed by atoms with van der Waals surface area (Å²) in [5.41, 5.74) is -1.45. The minimum absolute atomic E-state index is 0.0124. The summed E-state index contributed by atoms with van der Waals surface area (Å²) in [6, 6.07) is 0.243. The molecule has 0 aliphatic rings. The van der Waals surface area contributed by atoms with Crippen molar-refractivity contribution in [1.82, 2.24) is 0 Å². The molecule has 1 N–H and O–H groups in total. The van der Waals surface area contributed by atoms with Gasteiger partial charge in [-0.25, -0.2) is 0 Å². The zero-order valence-corrected chi connectivity index (χ0v) is 20.1. The fraction of sp³-hybridized carbons (Fsp3) is 0.667. The fourth-order valence-corrected chi connectivity index (χ4v) is 3.32. The Bertz CT molecular complexity index is 1250. The van der Waals surface area contributed by atoms with Crippen LogP contribution in [0.25, 0.3) is 0 Å². The van der Waals surface area contributed by atoms with E-state index in [2.05, 4.69) is 0 Å². The molecular formula is C18H10F20O3S. The van der Waals surface area contributed by atoms with Crippen LogP contribution in [0.4, 0.5) is 87.8 Å². The van der Waals surface area contributed by atoms with Crippen LogP contribution in [0.1, 0.15) is 12.5 Å². The van der Waals surface area contributed by atoms with Crippen molar-refractivity contribution in [2.45, 2.75) is 77.5 Å². The predicted octanol–water partition coefficient (Wildman–Crippen LogP) is 7.85. The molecule has 42 heavy (non-hydrogen) atoms. The van der Waals surface area contributed by atoms with Gasteiger partial charge in [-0.2, -0.15) is 96.2 Å². The minimum Gasteiger partial charge on any atom is -0.282 e. The van der Waals surface area contributed by atoms with Gasteiger partial charge in [0.15, 0.2) is 0 Å². The van der Waals surface area contributed by atoms with Crippen molar-refractivity contribution in [3.8, 4) is 0 Å². The van der Waals surface area contributed by atoms with Gasteiger partial charge in [-0.15, -0.1) is 0 Å². The molecule has 0 fully saturated rings. The molecule has 0 aliphatic heterocycles. The third-order valence-corrected chi connectivity index (χ3v) is 6.29. The van der Waals surface area contributed by atoms with Crippen LogP contribution in [0.5, 0.6) is 0 Å². The summed E-state index contributed by atoms with van der Waals surface area (Å²) >= 11 is 0. The van der Waals surface area contributed by atoms with E-state index >= 15 is 0 Å². The highest BCUT2D eigenvalue weighted by molar-refractivity contribution is 7.85. The first-order chi connectivity index (χ1) is 17.9. The van der Waals surface area contributed by atoms with Crippen LogP contribution in [0.15, 0.2) is 29.2 Å². The summed E-state index contributed by atoms with van der Waals surface area (Å²) in [6.45, 7) is -1.39. The molecule has 0 saturated carbocycles. The van der Waals surface area contributed by atoms with Gasteiger partial charge < -0.3 is 0 Å². The zero-order chi connectivity index (χ0) is 34.2. The van der Waals surface area contributed by atoms with Crippen LogP contribution >= 0.6 is 0 Å². The normalized spacial score (nSPS) is 16.1. The molecule has 246 valence electrons. The average molecular weight is 686 g/mol. The highest BCUT2D eigenvalue weighted by atomic mass is 32.2. The molecule has 1 aromatic carbocycles. The highest BCUT2D eigenvalue weighted by Gasteiger charge is 2.97. The SMILES string of the molecule is CC(F)(F)C(F)(F)C(F)(F)C(F)(F)C(F)(F)C(F)(F)C(F)(F)C(F)(F)C(F)(F)C(F)(F)Cc1ccc(S(=O)(=O)O)cc1. The van der Waals surface area contributed by atoms with Crippen molar-refractivity contribution in [2.75, 3.05) is 0 Å². The van der Waals surface area contributed by atoms with Crippen LogP contribution < -0.4 is 0 Å². The third-order valence-electron chi connectivity index (χ3n) is 5.42. The molecule has 0 atom stereocenters. The molecule has 24 heteroatoms. The Labute approximate surface area is 219 Å². The van der Waals surface area contributed by atoms with Crippen LogP contribution in [-0.2, 0) is 16.5 Å². The number of benzene rings is 1. The fourth-order valence-electron chi connectivity index (χ4n) is 2.84. The maximum Gasteiger partial charge on any atom is 0.385 e. The van der Waals surface area contributed by atoms with Gasteiger partial charge >= 0.3 is 59.2 Å². The van der Waals surface area contributed by atoms with Crippen molar-refractivity contribution >= 4 is 10.1 Å². The summed E-state index contributed by atoms with van der Waals surface area (Å²) in [4.78, 5) is -1.18. The molecule has 0 radical (unpaired) electrons. The molecule has 0 heterocycles. The Hall–Kier alpha value is -2.27. The number of alkyl halides is 20. The molecule has 1 aromatic rings. The summed E-state index contributed by atoms with van der Waals surface area (Å²) in [7, 11) is -5.12. The largest absolute Gasteiger partial charge is 0.385 e. The van der Waals surface area contributed by atoms with Gasteiger partial charge in [0.25, 0.3) is 10.1 Å². The van der Waals surface area contributed by atoms with Gasteiger partial charge in [-0.3, -0.25) is 4.55 Å². The smallest absolute Gasteiger partial charge is 0.282 e. The lowest BCUT2D eigenvalue weighted by molar-refractivity contribution is -0.468. The summed E-state index contributed by atoms with van der Waals surface area (Å²) in [5.74, 6) is -82.5. The van der Waals surface area contributed by atoms with Crippen molar-refractivity contribution in [3.63, 3.8) is 0 Å². The predicted molar refractivity (Wildman–Crippen MR) is 95.1 cm³/mol. The lowest BCUT2D eigenvalue weighted by Crippen LogP contribution is -2.77. The van der Waals surface area contributed by atoms with Gasteiger partial charge in [-0.1, -0.05) is 12.1 Å². The Morgan fingerprint density at radius 2 is 0.762 bits per heavy atom. The standard InChI is InChI=1S/C18H10F20O3S/c1-9(19,20)11(23,24)13(27,28)15(31,32)17(35,36)18(37,38)16(33,34)14(29,30)12(25,26)10(21,22)6-7-2-4-8(5-3-7)42(39,40)41/h2-5H,6H2,1H3,(H,39,40,41). The van der Waals surface area contributed by atoms with E-state index < -0.39 is 93.1 Å². The first-order valence-corrected chi connectivity index (χ1v) is 11.2. The maximum absolute atomic E-state index is 14.0. The average Bonchev–Trinajstić information content (AvgIpc) is 2.76. The summed E-state index contributed by atoms with van der Waals surface area (Å²) in [5, 5.41) is 0. The van der Waals surface area contributed by atoms with Crippen LogP contribution in [-0.4, -0.2) is 72.2 Å². The van der Waals surface area contributed by atoms with E-state index in [0.717, 1.165) is 0 Å². The maximum atomic E-state index is 14.0. The number of rotatable bonds is 12. The minimum atomic E-state index is -9.10. The molecule has 1 rings (SSSR count). The van der Waals surface area contributed by atoms with E-state index in [1.54, 1.807) is 0 Å². The molecule has 0 saturated heterocycles. The number of hydrogen-bond acceptors (Lipinski definition) is 2. The second kappa shape index (κ2) is 9.87. The number of hydrogen-bond donors (Lipinski definition) is 1. The van der Waals surface area contributed by atoms with Crippen LogP contribution in [0.3, 0.4) is 0 Å². The topological polar surface area (TPSA) is 54.4 Å². The second-order valence-electron chi connectivity index (χ2n) is 8.48. The lowest BCUT2D eigenvalue weighted by Gasteiger charge is -2.45. The lowest BCUT2D eigenvalue weighted by atomic mass is 9.85. The zero-order valence-electron chi connectivity index (χ0n) is 19.2. The Morgan fingerprint density at radius 3 is 1.02 bits per heavy atom. The molecule has 0 aromatic heterocycles. The van der Waals surface area contributed by atoms with Gasteiger partial charge in [0.05, 0.1) is 4.90 Å². The molecular weight excluding hydrogens is 676 g/mol. The molecule has 0 amide bonds. The van der Waals surface area contributed by atoms with Crippen molar-refractivity contribution in [1.29, 1.82) is 0 Å². The van der Waals surface area contributed by atoms with Crippen molar-refractivity contribution < 1.29 is 101 Å². The highest BCUT2D eigenvalue weighted by Crippen LogP contribution is 2.66. The van der Waals surface area contributed by atoms with Gasteiger partial charge in [-0.05, 0) is 17.7 Å². The van der Waals surface area contributed by atoms with Gasteiger partial charge in [0.1, 0.15) is 0 Å². The first-order valence-electron chi connectivity index (χ1n) is 9.78. The monoisotopic (exact) mass is 686 g/mol. The van der Waals surface area contributed by atoms with E-state index in [1.165, 1.54) is 0 Å².